The summed E-state index contributed by atoms with van der Waals surface area (Å²) in [5.41, 5.74) is 2.88. The van der Waals surface area contributed by atoms with Crippen LogP contribution in [0.3, 0.4) is 0 Å². The van der Waals surface area contributed by atoms with Gasteiger partial charge < -0.3 is 10.2 Å². The van der Waals surface area contributed by atoms with Crippen LogP contribution in [0.4, 0.5) is 17.5 Å². The van der Waals surface area contributed by atoms with Gasteiger partial charge in [-0.15, -0.1) is 0 Å². The molecule has 0 unspecified atom stereocenters. The molecule has 0 atom stereocenters. The second-order valence-electron chi connectivity index (χ2n) is 5.56. The van der Waals surface area contributed by atoms with Crippen molar-refractivity contribution in [3.63, 3.8) is 0 Å². The maximum atomic E-state index is 6.16. The summed E-state index contributed by atoms with van der Waals surface area (Å²) in [7, 11) is 2.06. The molecule has 22 heavy (non-hydrogen) atoms. The van der Waals surface area contributed by atoms with Crippen molar-refractivity contribution in [1.82, 2.24) is 9.97 Å². The molecule has 2 rings (SSSR count). The topological polar surface area (TPSA) is 41.1 Å². The zero-order valence-corrected chi connectivity index (χ0v) is 14.4. The summed E-state index contributed by atoms with van der Waals surface area (Å²) in [4.78, 5) is 11.2. The molecule has 0 aliphatic heterocycles. The van der Waals surface area contributed by atoms with Crippen molar-refractivity contribution in [2.24, 2.45) is 0 Å². The van der Waals surface area contributed by atoms with E-state index in [0.717, 1.165) is 40.8 Å². The number of hydrogen-bond donors (Lipinski definition) is 1. The van der Waals surface area contributed by atoms with Gasteiger partial charge in [-0.3, -0.25) is 0 Å². The number of nitrogens with one attached hydrogen (secondary N) is 1. The van der Waals surface area contributed by atoms with Gasteiger partial charge in [0, 0.05) is 36.1 Å². The van der Waals surface area contributed by atoms with Crippen molar-refractivity contribution in [2.75, 3.05) is 23.8 Å². The largest absolute Gasteiger partial charge is 0.360 e. The molecule has 2 aromatic rings. The normalized spacial score (nSPS) is 10.6. The second-order valence-corrected chi connectivity index (χ2v) is 5.96. The van der Waals surface area contributed by atoms with E-state index in [1.54, 1.807) is 0 Å². The van der Waals surface area contributed by atoms with Gasteiger partial charge in [-0.2, -0.15) is 4.98 Å². The SMILES string of the molecule is CCCCN(C)c1cc(C)nc(Nc2ccc(C)c(Cl)c2)n1. The quantitative estimate of drug-likeness (QED) is 0.836. The molecule has 1 aromatic heterocycles. The van der Waals surface area contributed by atoms with Crippen LogP contribution in [0.15, 0.2) is 24.3 Å². The highest BCUT2D eigenvalue weighted by atomic mass is 35.5. The van der Waals surface area contributed by atoms with E-state index in [1.807, 2.05) is 38.1 Å². The van der Waals surface area contributed by atoms with E-state index in [2.05, 4.69) is 34.2 Å². The lowest BCUT2D eigenvalue weighted by Crippen LogP contribution is -2.20. The summed E-state index contributed by atoms with van der Waals surface area (Å²) >= 11 is 6.16. The second kappa shape index (κ2) is 7.45. The van der Waals surface area contributed by atoms with Crippen LogP contribution >= 0.6 is 11.6 Å². The van der Waals surface area contributed by atoms with Gasteiger partial charge in [0.2, 0.25) is 5.95 Å². The maximum absolute atomic E-state index is 6.16. The maximum Gasteiger partial charge on any atom is 0.229 e. The monoisotopic (exact) mass is 318 g/mol. The van der Waals surface area contributed by atoms with Crippen LogP contribution in [0, 0.1) is 13.8 Å². The Bertz CT molecular complexity index is 643. The van der Waals surface area contributed by atoms with Gasteiger partial charge in [-0.25, -0.2) is 4.98 Å². The van der Waals surface area contributed by atoms with Gasteiger partial charge in [0.05, 0.1) is 0 Å². The van der Waals surface area contributed by atoms with Crippen LogP contribution in [-0.2, 0) is 0 Å². The van der Waals surface area contributed by atoms with Gasteiger partial charge in [-0.05, 0) is 38.0 Å². The summed E-state index contributed by atoms with van der Waals surface area (Å²) in [6, 6.07) is 7.86. The van der Waals surface area contributed by atoms with Crippen molar-refractivity contribution in [1.29, 1.82) is 0 Å². The lowest BCUT2D eigenvalue weighted by Gasteiger charge is -2.19. The third kappa shape index (κ3) is 4.34. The van der Waals surface area contributed by atoms with Crippen LogP contribution < -0.4 is 10.2 Å². The predicted molar refractivity (Wildman–Crippen MR) is 94.4 cm³/mol. The van der Waals surface area contributed by atoms with Crippen LogP contribution in [0.5, 0.6) is 0 Å². The van der Waals surface area contributed by atoms with Crippen LogP contribution in [0.25, 0.3) is 0 Å². The highest BCUT2D eigenvalue weighted by molar-refractivity contribution is 6.31. The van der Waals surface area contributed by atoms with E-state index in [9.17, 15) is 0 Å². The third-order valence-electron chi connectivity index (χ3n) is 3.51. The Morgan fingerprint density at radius 2 is 1.95 bits per heavy atom. The van der Waals surface area contributed by atoms with E-state index in [1.165, 1.54) is 6.42 Å². The first-order valence-corrected chi connectivity index (χ1v) is 7.97. The first-order valence-electron chi connectivity index (χ1n) is 7.59. The van der Waals surface area contributed by atoms with Gasteiger partial charge in [0.25, 0.3) is 0 Å². The number of benzene rings is 1. The number of hydrogen-bond acceptors (Lipinski definition) is 4. The van der Waals surface area contributed by atoms with Crippen molar-refractivity contribution < 1.29 is 0 Å². The molecular formula is C17H23ClN4. The van der Waals surface area contributed by atoms with Crippen molar-refractivity contribution in [3.8, 4) is 0 Å². The Morgan fingerprint density at radius 1 is 1.18 bits per heavy atom. The zero-order valence-electron chi connectivity index (χ0n) is 13.7. The summed E-state index contributed by atoms with van der Waals surface area (Å²) in [5, 5.41) is 3.97. The Hall–Kier alpha value is -1.81. The van der Waals surface area contributed by atoms with E-state index in [4.69, 9.17) is 11.6 Å². The molecule has 0 bridgehead atoms. The van der Waals surface area contributed by atoms with Gasteiger partial charge >= 0.3 is 0 Å². The van der Waals surface area contributed by atoms with Gasteiger partial charge in [0.1, 0.15) is 5.82 Å². The van der Waals surface area contributed by atoms with Crippen LogP contribution in [0.2, 0.25) is 5.02 Å². The number of unbranched alkanes of at least 4 members (excludes halogenated alkanes) is 1. The molecule has 1 aromatic carbocycles. The van der Waals surface area contributed by atoms with Crippen LogP contribution in [-0.4, -0.2) is 23.6 Å². The highest BCUT2D eigenvalue weighted by Gasteiger charge is 2.07. The molecule has 0 spiro atoms. The fraction of sp³-hybridized carbons (Fsp3) is 0.412. The first kappa shape index (κ1) is 16.6. The average Bonchev–Trinajstić information content (AvgIpc) is 2.48. The lowest BCUT2D eigenvalue weighted by atomic mass is 10.2. The average molecular weight is 319 g/mol. The Kier molecular flexibility index (Phi) is 5.61. The van der Waals surface area contributed by atoms with E-state index in [-0.39, 0.29) is 0 Å². The highest BCUT2D eigenvalue weighted by Crippen LogP contribution is 2.23. The molecule has 0 fully saturated rings. The Labute approximate surface area is 137 Å². The summed E-state index contributed by atoms with van der Waals surface area (Å²) in [6.45, 7) is 7.14. The van der Waals surface area contributed by atoms with E-state index >= 15 is 0 Å². The smallest absolute Gasteiger partial charge is 0.229 e. The van der Waals surface area contributed by atoms with E-state index < -0.39 is 0 Å². The Balaban J connectivity index is 2.20. The predicted octanol–water partition coefficient (Wildman–Crippen LogP) is 4.73. The minimum absolute atomic E-state index is 0.596. The fourth-order valence-corrected chi connectivity index (χ4v) is 2.29. The number of halogens is 1. The van der Waals surface area contributed by atoms with E-state index in [0.29, 0.717) is 5.95 Å². The van der Waals surface area contributed by atoms with Crippen LogP contribution in [0.1, 0.15) is 31.0 Å². The number of rotatable bonds is 6. The van der Waals surface area contributed by atoms with Crippen molar-refractivity contribution in [3.05, 3.63) is 40.5 Å². The summed E-state index contributed by atoms with van der Waals surface area (Å²) in [6.07, 6.45) is 2.32. The molecule has 118 valence electrons. The minimum Gasteiger partial charge on any atom is -0.360 e. The molecule has 1 N–H and O–H groups in total. The first-order chi connectivity index (χ1) is 10.5. The van der Waals surface area contributed by atoms with Gasteiger partial charge in [0.15, 0.2) is 0 Å². The van der Waals surface area contributed by atoms with Crippen molar-refractivity contribution in [2.45, 2.75) is 33.6 Å². The third-order valence-corrected chi connectivity index (χ3v) is 3.91. The molecule has 0 saturated heterocycles. The molecule has 5 heteroatoms. The molecule has 0 amide bonds. The Morgan fingerprint density at radius 3 is 2.64 bits per heavy atom. The molecular weight excluding hydrogens is 296 g/mol. The number of aromatic nitrogens is 2. The summed E-state index contributed by atoms with van der Waals surface area (Å²) < 4.78 is 0. The fourth-order valence-electron chi connectivity index (χ4n) is 2.11. The van der Waals surface area contributed by atoms with Crippen molar-refractivity contribution >= 4 is 29.1 Å². The molecule has 0 aliphatic carbocycles. The standard InChI is InChI=1S/C17H23ClN4/c1-5-6-9-22(4)16-10-13(3)19-17(21-16)20-14-8-7-12(2)15(18)11-14/h7-8,10-11H,5-6,9H2,1-4H3,(H,19,20,21). The zero-order chi connectivity index (χ0) is 16.1. The number of anilines is 3. The molecule has 0 radical (unpaired) electrons. The van der Waals surface area contributed by atoms with Gasteiger partial charge in [-0.1, -0.05) is 31.0 Å². The molecule has 4 nitrogen and oxygen atoms in total. The number of nitrogens with zero attached hydrogens (tertiary/aromatic N) is 3. The molecule has 1 heterocycles. The summed E-state index contributed by atoms with van der Waals surface area (Å²) in [5.74, 6) is 1.53. The molecule has 0 aliphatic rings. The lowest BCUT2D eigenvalue weighted by molar-refractivity contribution is 0.758. The number of aryl methyl sites for hydroxylation is 2. The minimum atomic E-state index is 0.596. The molecule has 0 saturated carbocycles.